The van der Waals surface area contributed by atoms with Gasteiger partial charge < -0.3 is 23.7 Å². The largest absolute Gasteiger partial charge is 0.374 e. The first-order valence-corrected chi connectivity index (χ1v) is 15.2. The van der Waals surface area contributed by atoms with Crippen LogP contribution in [0.15, 0.2) is 121 Å². The molecule has 5 unspecified atom stereocenters. The zero-order valence-corrected chi connectivity index (χ0v) is 24.7. The summed E-state index contributed by atoms with van der Waals surface area (Å²) in [5, 5.41) is 0.595. The first-order chi connectivity index (χ1) is 20.3. The molecule has 0 aliphatic carbocycles. The lowest BCUT2D eigenvalue weighted by Gasteiger charge is -2.46. The molecule has 214 valence electrons. The number of benzene rings is 4. The van der Waals surface area contributed by atoms with E-state index < -0.39 is 6.10 Å². The Kier molecular flexibility index (Phi) is 11.5. The smallest absolute Gasteiger partial charge is 0.115 e. The van der Waals surface area contributed by atoms with Crippen molar-refractivity contribution in [1.82, 2.24) is 0 Å². The van der Waals surface area contributed by atoms with E-state index in [2.05, 4.69) is 64.5 Å². The Hall–Kier alpha value is -2.84. The summed E-state index contributed by atoms with van der Waals surface area (Å²) >= 11 is 3.69. The van der Waals surface area contributed by atoms with Crippen LogP contribution in [0.25, 0.3) is 0 Å². The lowest BCUT2D eigenvalue weighted by Crippen LogP contribution is -2.61. The van der Waals surface area contributed by atoms with Gasteiger partial charge in [0.2, 0.25) is 0 Å². The maximum Gasteiger partial charge on any atom is 0.115 e. The van der Waals surface area contributed by atoms with Crippen molar-refractivity contribution in [3.8, 4) is 0 Å². The van der Waals surface area contributed by atoms with E-state index in [1.54, 1.807) is 0 Å². The number of alkyl halides is 1. The highest BCUT2D eigenvalue weighted by molar-refractivity contribution is 9.09. The van der Waals surface area contributed by atoms with Crippen molar-refractivity contribution in [3.05, 3.63) is 144 Å². The average molecular weight is 618 g/mol. The van der Waals surface area contributed by atoms with Crippen molar-refractivity contribution >= 4 is 15.9 Å². The maximum absolute atomic E-state index is 6.69. The van der Waals surface area contributed by atoms with Crippen molar-refractivity contribution in [3.63, 3.8) is 0 Å². The summed E-state index contributed by atoms with van der Waals surface area (Å²) in [6.07, 6.45) is -1.75. The van der Waals surface area contributed by atoms with Gasteiger partial charge in [-0.15, -0.1) is 0 Å². The van der Waals surface area contributed by atoms with Gasteiger partial charge in [0.1, 0.15) is 24.4 Å². The minimum Gasteiger partial charge on any atom is -0.374 e. The van der Waals surface area contributed by atoms with Crippen molar-refractivity contribution in [1.29, 1.82) is 0 Å². The lowest BCUT2D eigenvalue weighted by atomic mass is 9.94. The fourth-order valence-corrected chi connectivity index (χ4v) is 5.53. The van der Waals surface area contributed by atoms with Crippen LogP contribution in [0.1, 0.15) is 22.3 Å². The maximum atomic E-state index is 6.69. The molecule has 1 aliphatic rings. The minimum absolute atomic E-state index is 0.249. The summed E-state index contributed by atoms with van der Waals surface area (Å²) in [6.45, 7) is 2.18. The fraction of sp³-hybridized carbons (Fsp3) is 0.314. The normalized spacial score (nSPS) is 22.4. The first kappa shape index (κ1) is 29.6. The predicted molar refractivity (Wildman–Crippen MR) is 164 cm³/mol. The zero-order valence-electron chi connectivity index (χ0n) is 23.1. The number of rotatable bonds is 14. The molecule has 5 rings (SSSR count). The number of hydrogen-bond donors (Lipinski definition) is 0. The molecule has 41 heavy (non-hydrogen) atoms. The molecule has 4 aromatic rings. The standard InChI is InChI=1S/C35H37BrO5/c36-21-31-33(38-23-28-15-7-2-8-16-28)35(40-25-30-19-11-4-12-20-30)34(39-24-29-17-9-3-10-18-29)32(41-31)26-37-22-27-13-5-1-6-14-27/h1-20,31-35H,21-26H2. The van der Waals surface area contributed by atoms with E-state index >= 15 is 0 Å². The van der Waals surface area contributed by atoms with E-state index in [0.29, 0.717) is 38.4 Å². The molecule has 1 heterocycles. The summed E-state index contributed by atoms with van der Waals surface area (Å²) in [5.74, 6) is 0. The molecule has 1 aliphatic heterocycles. The third-order valence-corrected chi connectivity index (χ3v) is 7.77. The second-order valence-corrected chi connectivity index (χ2v) is 10.8. The van der Waals surface area contributed by atoms with Gasteiger partial charge in [0.05, 0.1) is 39.1 Å². The van der Waals surface area contributed by atoms with Gasteiger partial charge in [-0.2, -0.15) is 0 Å². The van der Waals surface area contributed by atoms with E-state index in [0.717, 1.165) is 22.3 Å². The van der Waals surface area contributed by atoms with Gasteiger partial charge in [0, 0.05) is 5.33 Å². The van der Waals surface area contributed by atoms with Crippen LogP contribution in [-0.2, 0) is 50.1 Å². The first-order valence-electron chi connectivity index (χ1n) is 14.1. The van der Waals surface area contributed by atoms with Crippen molar-refractivity contribution < 1.29 is 23.7 Å². The topological polar surface area (TPSA) is 46.2 Å². The number of hydrogen-bond acceptors (Lipinski definition) is 5. The van der Waals surface area contributed by atoms with Gasteiger partial charge in [0.25, 0.3) is 0 Å². The Bertz CT molecular complexity index is 1260. The van der Waals surface area contributed by atoms with Crippen LogP contribution in [0.5, 0.6) is 0 Å². The van der Waals surface area contributed by atoms with Gasteiger partial charge in [-0.1, -0.05) is 137 Å². The molecule has 0 spiro atoms. The molecule has 5 atom stereocenters. The predicted octanol–water partition coefficient (Wildman–Crippen LogP) is 7.12. The molecule has 1 saturated heterocycles. The molecule has 5 nitrogen and oxygen atoms in total. The third-order valence-electron chi connectivity index (χ3n) is 7.13. The van der Waals surface area contributed by atoms with Crippen LogP contribution in [0.3, 0.4) is 0 Å². The van der Waals surface area contributed by atoms with Crippen molar-refractivity contribution in [2.45, 2.75) is 56.9 Å². The lowest BCUT2D eigenvalue weighted by molar-refractivity contribution is -0.267. The van der Waals surface area contributed by atoms with Crippen LogP contribution in [0, 0.1) is 0 Å². The molecule has 0 N–H and O–H groups in total. The Morgan fingerprint density at radius 2 is 0.829 bits per heavy atom. The molecule has 1 fully saturated rings. The Balaban J connectivity index is 1.38. The third kappa shape index (κ3) is 8.82. The van der Waals surface area contributed by atoms with Gasteiger partial charge in [0.15, 0.2) is 0 Å². The highest BCUT2D eigenvalue weighted by atomic mass is 79.9. The summed E-state index contributed by atoms with van der Waals surface area (Å²) in [4.78, 5) is 0. The van der Waals surface area contributed by atoms with Gasteiger partial charge in [-0.3, -0.25) is 0 Å². The molecule has 4 aromatic carbocycles. The summed E-state index contributed by atoms with van der Waals surface area (Å²) in [6, 6.07) is 40.7. The second-order valence-electron chi connectivity index (χ2n) is 10.2. The van der Waals surface area contributed by atoms with Crippen LogP contribution >= 0.6 is 15.9 Å². The van der Waals surface area contributed by atoms with E-state index in [9.17, 15) is 0 Å². The van der Waals surface area contributed by atoms with Gasteiger partial charge in [-0.25, -0.2) is 0 Å². The molecule has 0 saturated carbocycles. The Labute approximate surface area is 251 Å². The zero-order chi connectivity index (χ0) is 28.1. The van der Waals surface area contributed by atoms with Crippen molar-refractivity contribution in [2.24, 2.45) is 0 Å². The quantitative estimate of drug-likeness (QED) is 0.141. The molecule has 6 heteroatoms. The molecular formula is C35H37BrO5. The number of halogens is 1. The summed E-state index contributed by atoms with van der Waals surface area (Å²) in [7, 11) is 0. The molecule has 0 amide bonds. The van der Waals surface area contributed by atoms with Crippen LogP contribution < -0.4 is 0 Å². The molecule has 0 radical (unpaired) electrons. The average Bonchev–Trinajstić information content (AvgIpc) is 3.04. The Morgan fingerprint density at radius 1 is 0.463 bits per heavy atom. The highest BCUT2D eigenvalue weighted by Gasteiger charge is 2.48. The van der Waals surface area contributed by atoms with Gasteiger partial charge >= 0.3 is 0 Å². The SMILES string of the molecule is BrCC1OC(COCc2ccccc2)C(OCc2ccccc2)C(OCc2ccccc2)C1OCc1ccccc1. The van der Waals surface area contributed by atoms with E-state index in [4.69, 9.17) is 23.7 Å². The summed E-state index contributed by atoms with van der Waals surface area (Å²) in [5.41, 5.74) is 4.39. The van der Waals surface area contributed by atoms with Crippen LogP contribution in [0.4, 0.5) is 0 Å². The van der Waals surface area contributed by atoms with Gasteiger partial charge in [-0.05, 0) is 22.3 Å². The molecule has 0 bridgehead atoms. The molecular weight excluding hydrogens is 580 g/mol. The summed E-state index contributed by atoms with van der Waals surface area (Å²) < 4.78 is 32.8. The fourth-order valence-electron chi connectivity index (χ4n) is 5.01. The van der Waals surface area contributed by atoms with Crippen LogP contribution in [-0.4, -0.2) is 42.5 Å². The second kappa shape index (κ2) is 16.0. The number of ether oxygens (including phenoxy) is 5. The van der Waals surface area contributed by atoms with E-state index in [1.165, 1.54) is 0 Å². The monoisotopic (exact) mass is 616 g/mol. The van der Waals surface area contributed by atoms with E-state index in [-0.39, 0.29) is 24.4 Å². The highest BCUT2D eigenvalue weighted by Crippen LogP contribution is 2.31. The van der Waals surface area contributed by atoms with E-state index in [1.807, 2.05) is 72.8 Å². The van der Waals surface area contributed by atoms with Crippen molar-refractivity contribution in [2.75, 3.05) is 11.9 Å². The minimum atomic E-state index is -0.411. The molecule has 0 aromatic heterocycles. The Morgan fingerprint density at radius 3 is 1.24 bits per heavy atom. The van der Waals surface area contributed by atoms with Crippen LogP contribution in [0.2, 0.25) is 0 Å².